The van der Waals surface area contributed by atoms with Crippen LogP contribution in [-0.4, -0.2) is 24.0 Å². The summed E-state index contributed by atoms with van der Waals surface area (Å²) >= 11 is 0. The minimum Gasteiger partial charge on any atom is -0.300 e. The monoisotopic (exact) mass is 332 g/mol. The molecule has 1 saturated carbocycles. The first-order valence-corrected chi connectivity index (χ1v) is 10.9. The highest BCUT2D eigenvalue weighted by Gasteiger charge is 2.37. The molecule has 2 rings (SSSR count). The predicted molar refractivity (Wildman–Crippen MR) is 103 cm³/mol. The van der Waals surface area contributed by atoms with Gasteiger partial charge in [0.1, 0.15) is 0 Å². The fourth-order valence-electron chi connectivity index (χ4n) is 4.92. The second-order valence-corrected chi connectivity index (χ2v) is 8.56. The largest absolute Gasteiger partial charge is 0.300 e. The van der Waals surface area contributed by atoms with Gasteiger partial charge < -0.3 is 4.90 Å². The Hall–Kier alpha value is -0.550. The molecule has 1 aliphatic carbocycles. The molecular formula is C22H40N2. The van der Waals surface area contributed by atoms with Crippen LogP contribution in [0, 0.1) is 22.7 Å². The van der Waals surface area contributed by atoms with Crippen LogP contribution in [0.3, 0.4) is 0 Å². The number of rotatable bonds is 9. The van der Waals surface area contributed by atoms with Crippen LogP contribution in [-0.2, 0) is 0 Å². The van der Waals surface area contributed by atoms with Gasteiger partial charge in [-0.3, -0.25) is 0 Å². The fraction of sp³-hybridized carbons (Fsp3) is 0.955. The van der Waals surface area contributed by atoms with Crippen molar-refractivity contribution < 1.29 is 0 Å². The summed E-state index contributed by atoms with van der Waals surface area (Å²) in [7, 11) is 0. The Kier molecular flexibility index (Phi) is 8.60. The van der Waals surface area contributed by atoms with Gasteiger partial charge in [-0.15, -0.1) is 0 Å². The quantitative estimate of drug-likeness (QED) is 0.462. The maximum Gasteiger partial charge on any atom is 0.0689 e. The molecule has 138 valence electrons. The Balaban J connectivity index is 1.67. The van der Waals surface area contributed by atoms with Crippen LogP contribution in [0.2, 0.25) is 0 Å². The normalized spacial score (nSPS) is 29.5. The van der Waals surface area contributed by atoms with Crippen LogP contribution in [0.1, 0.15) is 104 Å². The van der Waals surface area contributed by atoms with E-state index in [0.717, 1.165) is 31.2 Å². The first-order chi connectivity index (χ1) is 11.7. The van der Waals surface area contributed by atoms with Gasteiger partial charge in [0.25, 0.3) is 0 Å². The van der Waals surface area contributed by atoms with Gasteiger partial charge in [0, 0.05) is 6.04 Å². The van der Waals surface area contributed by atoms with E-state index in [2.05, 4.69) is 24.8 Å². The molecule has 0 atom stereocenters. The van der Waals surface area contributed by atoms with E-state index < -0.39 is 0 Å². The molecule has 0 aromatic rings. The SMILES string of the molecule is CCCCCCC1CCN([C@H]2CC[C@@](C#N)(CCCC)CC2)CC1. The van der Waals surface area contributed by atoms with Gasteiger partial charge in [-0.2, -0.15) is 5.26 Å². The van der Waals surface area contributed by atoms with Gasteiger partial charge >= 0.3 is 0 Å². The lowest BCUT2D eigenvalue weighted by Gasteiger charge is -2.43. The summed E-state index contributed by atoms with van der Waals surface area (Å²) in [5, 5.41) is 9.66. The van der Waals surface area contributed by atoms with E-state index >= 15 is 0 Å². The molecule has 0 aromatic heterocycles. The molecule has 0 aromatic carbocycles. The summed E-state index contributed by atoms with van der Waals surface area (Å²) < 4.78 is 0. The summed E-state index contributed by atoms with van der Waals surface area (Å²) in [4.78, 5) is 2.77. The molecule has 0 N–H and O–H groups in total. The summed E-state index contributed by atoms with van der Waals surface area (Å²) in [5.74, 6) is 0.990. The molecule has 0 radical (unpaired) electrons. The minimum atomic E-state index is 0.0180. The number of hydrogen-bond acceptors (Lipinski definition) is 2. The molecular weight excluding hydrogens is 292 g/mol. The standard InChI is InChI=1S/C22H40N2/c1-3-5-7-8-9-20-12-17-24(18-13-20)21-10-15-22(19-23,16-11-21)14-6-4-2/h20-21H,3-18H2,1-2H3/t21-,22-. The molecule has 0 spiro atoms. The molecule has 0 amide bonds. The van der Waals surface area contributed by atoms with Crippen LogP contribution in [0.15, 0.2) is 0 Å². The number of piperidine rings is 1. The van der Waals surface area contributed by atoms with Crippen molar-refractivity contribution in [3.05, 3.63) is 0 Å². The van der Waals surface area contributed by atoms with Crippen molar-refractivity contribution >= 4 is 0 Å². The van der Waals surface area contributed by atoms with Gasteiger partial charge in [0.15, 0.2) is 0 Å². The molecule has 1 heterocycles. The summed E-state index contributed by atoms with van der Waals surface area (Å²) in [6.45, 7) is 7.17. The van der Waals surface area contributed by atoms with Gasteiger partial charge in [-0.25, -0.2) is 0 Å². The van der Waals surface area contributed by atoms with E-state index in [1.165, 1.54) is 83.7 Å². The van der Waals surface area contributed by atoms with Crippen molar-refractivity contribution in [1.29, 1.82) is 5.26 Å². The molecule has 2 aliphatic rings. The van der Waals surface area contributed by atoms with E-state index in [9.17, 15) is 5.26 Å². The lowest BCUT2D eigenvalue weighted by molar-refractivity contribution is 0.0756. The van der Waals surface area contributed by atoms with Crippen LogP contribution in [0.5, 0.6) is 0 Å². The maximum absolute atomic E-state index is 9.66. The Morgan fingerprint density at radius 2 is 1.58 bits per heavy atom. The Labute approximate surface area is 151 Å². The average molecular weight is 333 g/mol. The first kappa shape index (κ1) is 19.8. The third-order valence-electron chi connectivity index (χ3n) is 6.79. The number of unbranched alkanes of at least 4 members (excludes halogenated alkanes) is 4. The van der Waals surface area contributed by atoms with E-state index in [-0.39, 0.29) is 5.41 Å². The summed E-state index contributed by atoms with van der Waals surface area (Å²) in [6.07, 6.45) is 18.3. The van der Waals surface area contributed by atoms with E-state index in [4.69, 9.17) is 0 Å². The number of nitrogens with zero attached hydrogens (tertiary/aromatic N) is 2. The zero-order valence-electron chi connectivity index (χ0n) is 16.4. The van der Waals surface area contributed by atoms with Crippen molar-refractivity contribution in [2.75, 3.05) is 13.1 Å². The van der Waals surface area contributed by atoms with Crippen molar-refractivity contribution in [1.82, 2.24) is 4.90 Å². The number of hydrogen-bond donors (Lipinski definition) is 0. The van der Waals surface area contributed by atoms with Crippen molar-refractivity contribution in [3.8, 4) is 6.07 Å². The van der Waals surface area contributed by atoms with E-state index in [1.807, 2.05) is 0 Å². The third-order valence-corrected chi connectivity index (χ3v) is 6.79. The van der Waals surface area contributed by atoms with E-state index in [0.29, 0.717) is 0 Å². The highest BCUT2D eigenvalue weighted by Crippen LogP contribution is 2.42. The van der Waals surface area contributed by atoms with Crippen molar-refractivity contribution in [2.24, 2.45) is 11.3 Å². The van der Waals surface area contributed by atoms with Crippen molar-refractivity contribution in [3.63, 3.8) is 0 Å². The molecule has 2 nitrogen and oxygen atoms in total. The molecule has 0 bridgehead atoms. The van der Waals surface area contributed by atoms with Crippen molar-refractivity contribution in [2.45, 2.75) is 110 Å². The summed E-state index contributed by atoms with van der Waals surface area (Å²) in [6, 6.07) is 3.47. The molecule has 1 saturated heterocycles. The van der Waals surface area contributed by atoms with Crippen LogP contribution >= 0.6 is 0 Å². The van der Waals surface area contributed by atoms with Crippen LogP contribution in [0.25, 0.3) is 0 Å². The molecule has 2 fully saturated rings. The second-order valence-electron chi connectivity index (χ2n) is 8.56. The minimum absolute atomic E-state index is 0.0180. The Morgan fingerprint density at radius 1 is 0.917 bits per heavy atom. The first-order valence-electron chi connectivity index (χ1n) is 10.9. The average Bonchev–Trinajstić information content (AvgIpc) is 2.65. The topological polar surface area (TPSA) is 27.0 Å². The fourth-order valence-corrected chi connectivity index (χ4v) is 4.92. The molecule has 1 aliphatic heterocycles. The number of likely N-dealkylation sites (tertiary alicyclic amines) is 1. The Bertz CT molecular complexity index is 368. The third kappa shape index (κ3) is 5.76. The van der Waals surface area contributed by atoms with Crippen LogP contribution < -0.4 is 0 Å². The lowest BCUT2D eigenvalue weighted by atomic mass is 9.70. The molecule has 2 heteroatoms. The molecule has 0 unspecified atom stereocenters. The highest BCUT2D eigenvalue weighted by atomic mass is 15.2. The lowest BCUT2D eigenvalue weighted by Crippen LogP contribution is -2.44. The predicted octanol–water partition coefficient (Wildman–Crippen LogP) is 6.31. The molecule has 24 heavy (non-hydrogen) atoms. The Morgan fingerprint density at radius 3 is 2.17 bits per heavy atom. The van der Waals surface area contributed by atoms with Gasteiger partial charge in [0.05, 0.1) is 11.5 Å². The zero-order chi connectivity index (χ0) is 17.3. The highest BCUT2D eigenvalue weighted by molar-refractivity contribution is 5.02. The smallest absolute Gasteiger partial charge is 0.0689 e. The van der Waals surface area contributed by atoms with Crippen LogP contribution in [0.4, 0.5) is 0 Å². The van der Waals surface area contributed by atoms with Gasteiger partial charge in [-0.05, 0) is 64.0 Å². The van der Waals surface area contributed by atoms with Gasteiger partial charge in [-0.1, -0.05) is 58.8 Å². The second kappa shape index (κ2) is 10.4. The van der Waals surface area contributed by atoms with E-state index in [1.54, 1.807) is 0 Å². The maximum atomic E-state index is 9.66. The van der Waals surface area contributed by atoms with Gasteiger partial charge in [0.2, 0.25) is 0 Å². The number of nitriles is 1. The summed E-state index contributed by atoms with van der Waals surface area (Å²) in [5.41, 5.74) is 0.0180. The zero-order valence-corrected chi connectivity index (χ0v) is 16.4.